The first-order chi connectivity index (χ1) is 13.9. The van der Waals surface area contributed by atoms with Crippen molar-refractivity contribution < 1.29 is 27.1 Å². The Hall–Kier alpha value is -2.90. The number of rotatable bonds is 3. The van der Waals surface area contributed by atoms with Crippen LogP contribution in [0.5, 0.6) is 5.88 Å². The Morgan fingerprint density at radius 1 is 0.897 bits per heavy atom. The molecular weight excluding hydrogens is 391 g/mol. The zero-order chi connectivity index (χ0) is 20.7. The molecule has 1 fully saturated rings. The molecule has 29 heavy (non-hydrogen) atoms. The maximum Gasteiger partial charge on any atom is 0.213 e. The average Bonchev–Trinajstić information content (AvgIpc) is 2.74. The van der Waals surface area contributed by atoms with Crippen molar-refractivity contribution in [2.75, 3.05) is 18.0 Å². The number of benzene rings is 2. The van der Waals surface area contributed by atoms with Gasteiger partial charge in [-0.1, -0.05) is 18.2 Å². The summed E-state index contributed by atoms with van der Waals surface area (Å²) in [5.74, 6) is -9.79. The summed E-state index contributed by atoms with van der Waals surface area (Å²) in [5, 5.41) is 10.8. The van der Waals surface area contributed by atoms with Gasteiger partial charge in [0.15, 0.2) is 23.3 Å². The molecule has 152 valence electrons. The Kier molecular flexibility index (Phi) is 5.02. The van der Waals surface area contributed by atoms with Crippen molar-refractivity contribution in [3.63, 3.8) is 0 Å². The number of nitrogens with zero attached hydrogens (tertiary/aromatic N) is 2. The van der Waals surface area contributed by atoms with Crippen molar-refractivity contribution in [1.82, 2.24) is 4.98 Å². The Labute approximate surface area is 163 Å². The van der Waals surface area contributed by atoms with Crippen LogP contribution in [0.15, 0.2) is 30.3 Å². The van der Waals surface area contributed by atoms with Crippen molar-refractivity contribution in [1.29, 1.82) is 0 Å². The van der Waals surface area contributed by atoms with Gasteiger partial charge in [-0.2, -0.15) is 0 Å². The van der Waals surface area contributed by atoms with Crippen LogP contribution in [0.4, 0.5) is 27.6 Å². The van der Waals surface area contributed by atoms with Gasteiger partial charge in [0.05, 0.1) is 11.2 Å². The van der Waals surface area contributed by atoms with Crippen molar-refractivity contribution in [3.8, 4) is 5.88 Å². The summed E-state index contributed by atoms with van der Waals surface area (Å²) in [6.07, 6.45) is 0.801. The number of anilines is 1. The van der Waals surface area contributed by atoms with E-state index in [9.17, 15) is 27.1 Å². The first-order valence-corrected chi connectivity index (χ1v) is 9.20. The lowest BCUT2D eigenvalue weighted by atomic mass is 9.89. The number of para-hydroxylation sites is 1. The van der Waals surface area contributed by atoms with Gasteiger partial charge in [-0.25, -0.2) is 26.9 Å². The van der Waals surface area contributed by atoms with Gasteiger partial charge in [-0.3, -0.25) is 0 Å². The highest BCUT2D eigenvalue weighted by Crippen LogP contribution is 2.34. The minimum atomic E-state index is -2.14. The lowest BCUT2D eigenvalue weighted by molar-refractivity contribution is 0.349. The van der Waals surface area contributed by atoms with Gasteiger partial charge in [-0.05, 0) is 31.2 Å². The molecular formula is C21H17F5N2O. The Morgan fingerprint density at radius 3 is 2.14 bits per heavy atom. The van der Waals surface area contributed by atoms with E-state index in [-0.39, 0.29) is 18.2 Å². The average molecular weight is 408 g/mol. The smallest absolute Gasteiger partial charge is 0.213 e. The molecule has 1 aromatic heterocycles. The summed E-state index contributed by atoms with van der Waals surface area (Å²) in [6.45, 7) is 1.04. The molecule has 1 aliphatic rings. The van der Waals surface area contributed by atoms with Gasteiger partial charge in [-0.15, -0.1) is 0 Å². The number of hydrogen-bond acceptors (Lipinski definition) is 3. The third-order valence-electron chi connectivity index (χ3n) is 5.43. The predicted octanol–water partition coefficient (Wildman–Crippen LogP) is 5.10. The molecule has 8 heteroatoms. The fourth-order valence-corrected chi connectivity index (χ4v) is 3.90. The molecule has 0 amide bonds. The monoisotopic (exact) mass is 408 g/mol. The van der Waals surface area contributed by atoms with Crippen LogP contribution < -0.4 is 4.90 Å². The van der Waals surface area contributed by atoms with E-state index in [0.29, 0.717) is 31.4 Å². The predicted molar refractivity (Wildman–Crippen MR) is 98.3 cm³/mol. The molecule has 3 nitrogen and oxygen atoms in total. The van der Waals surface area contributed by atoms with E-state index in [4.69, 9.17) is 0 Å². The van der Waals surface area contributed by atoms with Gasteiger partial charge in [0.25, 0.3) is 0 Å². The fourth-order valence-electron chi connectivity index (χ4n) is 3.90. The zero-order valence-corrected chi connectivity index (χ0v) is 15.2. The molecule has 3 aromatic rings. The summed E-state index contributed by atoms with van der Waals surface area (Å²) >= 11 is 0. The highest BCUT2D eigenvalue weighted by Gasteiger charge is 2.29. The Morgan fingerprint density at radius 2 is 1.48 bits per heavy atom. The number of hydrogen-bond donors (Lipinski definition) is 1. The number of aromatic nitrogens is 1. The first kappa shape index (κ1) is 19.4. The summed E-state index contributed by atoms with van der Waals surface area (Å²) in [5.41, 5.74) is 0.681. The van der Waals surface area contributed by atoms with Crippen LogP contribution in [0.2, 0.25) is 0 Å². The van der Waals surface area contributed by atoms with Crippen LogP contribution >= 0.6 is 0 Å². The lowest BCUT2D eigenvalue weighted by Gasteiger charge is -2.34. The fraction of sp³-hybridized carbons (Fsp3) is 0.286. The lowest BCUT2D eigenvalue weighted by Crippen LogP contribution is -2.34. The molecule has 2 heterocycles. The maximum atomic E-state index is 14.0. The van der Waals surface area contributed by atoms with E-state index in [1.165, 1.54) is 0 Å². The van der Waals surface area contributed by atoms with Crippen molar-refractivity contribution in [2.45, 2.75) is 19.3 Å². The molecule has 0 bridgehead atoms. The molecule has 1 saturated heterocycles. The topological polar surface area (TPSA) is 36.4 Å². The minimum absolute atomic E-state index is 0.109. The molecule has 1 N–H and O–H groups in total. The summed E-state index contributed by atoms with van der Waals surface area (Å²) in [4.78, 5) is 6.12. The molecule has 0 spiro atoms. The van der Waals surface area contributed by atoms with Gasteiger partial charge in [0.1, 0.15) is 0 Å². The standard InChI is InChI=1S/C21H17F5N2O/c22-17-13(18(23)20(25)21(26)19(17)24)9-11-5-7-28(8-6-11)15-10-16(29)27-14-4-2-1-3-12(14)15/h1-4,10-11H,5-9H2,(H,27,29). The van der Waals surface area contributed by atoms with Crippen LogP contribution in [0, 0.1) is 35.0 Å². The number of fused-ring (bicyclic) bond motifs is 1. The van der Waals surface area contributed by atoms with E-state index < -0.39 is 34.6 Å². The van der Waals surface area contributed by atoms with E-state index in [1.54, 1.807) is 12.1 Å². The number of halogens is 5. The minimum Gasteiger partial charge on any atom is -0.493 e. The van der Waals surface area contributed by atoms with E-state index in [0.717, 1.165) is 11.1 Å². The highest BCUT2D eigenvalue weighted by atomic mass is 19.2. The van der Waals surface area contributed by atoms with Gasteiger partial charge in [0, 0.05) is 30.1 Å². The van der Waals surface area contributed by atoms with E-state index >= 15 is 0 Å². The maximum absolute atomic E-state index is 14.0. The number of pyridine rings is 1. The van der Waals surface area contributed by atoms with E-state index in [1.807, 2.05) is 23.1 Å². The van der Waals surface area contributed by atoms with Crippen molar-refractivity contribution in [2.24, 2.45) is 5.92 Å². The quantitative estimate of drug-likeness (QED) is 0.372. The molecule has 0 atom stereocenters. The molecule has 4 rings (SSSR count). The second-order valence-electron chi connectivity index (χ2n) is 7.20. The van der Waals surface area contributed by atoms with Crippen LogP contribution in [0.3, 0.4) is 0 Å². The molecule has 0 radical (unpaired) electrons. The van der Waals surface area contributed by atoms with Crippen molar-refractivity contribution in [3.05, 3.63) is 65.0 Å². The molecule has 0 aliphatic carbocycles. The third-order valence-corrected chi connectivity index (χ3v) is 5.43. The number of piperidine rings is 1. The molecule has 0 unspecified atom stereocenters. The summed E-state index contributed by atoms with van der Waals surface area (Å²) in [7, 11) is 0. The SMILES string of the molecule is Oc1cc(N2CCC(Cc3c(F)c(F)c(F)c(F)c3F)CC2)c2ccccc2n1. The van der Waals surface area contributed by atoms with E-state index in [2.05, 4.69) is 4.98 Å². The Bertz CT molecular complexity index is 1050. The molecule has 1 aliphatic heterocycles. The second-order valence-corrected chi connectivity index (χ2v) is 7.20. The van der Waals surface area contributed by atoms with Crippen LogP contribution in [0.25, 0.3) is 10.9 Å². The first-order valence-electron chi connectivity index (χ1n) is 9.20. The normalized spacial score (nSPS) is 15.3. The van der Waals surface area contributed by atoms with Gasteiger partial charge >= 0.3 is 0 Å². The van der Waals surface area contributed by atoms with Crippen LogP contribution in [-0.4, -0.2) is 23.2 Å². The zero-order valence-electron chi connectivity index (χ0n) is 15.2. The van der Waals surface area contributed by atoms with Gasteiger partial charge < -0.3 is 10.0 Å². The highest BCUT2D eigenvalue weighted by molar-refractivity contribution is 5.92. The molecule has 0 saturated carbocycles. The second kappa shape index (κ2) is 7.50. The summed E-state index contributed by atoms with van der Waals surface area (Å²) in [6, 6.07) is 8.91. The largest absolute Gasteiger partial charge is 0.493 e. The third kappa shape index (κ3) is 3.47. The Balaban J connectivity index is 1.53. The summed E-state index contributed by atoms with van der Waals surface area (Å²) < 4.78 is 68.0. The van der Waals surface area contributed by atoms with Crippen LogP contribution in [0.1, 0.15) is 18.4 Å². The number of aromatic hydroxyl groups is 1. The molecule has 2 aromatic carbocycles. The van der Waals surface area contributed by atoms with Crippen molar-refractivity contribution >= 4 is 16.6 Å². The van der Waals surface area contributed by atoms with Gasteiger partial charge in [0.2, 0.25) is 11.7 Å². The van der Waals surface area contributed by atoms with Crippen LogP contribution in [-0.2, 0) is 6.42 Å².